The lowest BCUT2D eigenvalue weighted by Gasteiger charge is -2.04. The molecule has 0 atom stereocenters. The molecular formula is C17H14ClN3O2S2. The maximum Gasteiger partial charge on any atom is 0.413 e. The lowest BCUT2D eigenvalue weighted by molar-refractivity contribution is 0.155. The summed E-state index contributed by atoms with van der Waals surface area (Å²) in [5, 5.41) is 4.27. The maximum absolute atomic E-state index is 11.8. The lowest BCUT2D eigenvalue weighted by Crippen LogP contribution is -2.13. The van der Waals surface area contributed by atoms with E-state index >= 15 is 0 Å². The molecular weight excluding hydrogens is 378 g/mol. The normalized spacial score (nSPS) is 10.4. The molecule has 0 saturated heterocycles. The molecule has 1 N–H and O–H groups in total. The summed E-state index contributed by atoms with van der Waals surface area (Å²) in [5.41, 5.74) is 2.05. The van der Waals surface area contributed by atoms with Gasteiger partial charge in [0.15, 0.2) is 0 Å². The molecule has 1 amide bonds. The Hall–Kier alpha value is -2.09. The fourth-order valence-electron chi connectivity index (χ4n) is 1.89. The Kier molecular flexibility index (Phi) is 6.27. The molecule has 0 aliphatic rings. The number of rotatable bonds is 6. The summed E-state index contributed by atoms with van der Waals surface area (Å²) < 4.78 is 9.37. The number of benzene rings is 2. The van der Waals surface area contributed by atoms with Crippen LogP contribution in [-0.4, -0.2) is 15.5 Å². The van der Waals surface area contributed by atoms with E-state index in [1.807, 2.05) is 30.3 Å². The Labute approximate surface area is 158 Å². The highest BCUT2D eigenvalue weighted by Gasteiger charge is 2.10. The van der Waals surface area contributed by atoms with Crippen molar-refractivity contribution < 1.29 is 9.53 Å². The van der Waals surface area contributed by atoms with Crippen LogP contribution in [0.25, 0.3) is 0 Å². The summed E-state index contributed by atoms with van der Waals surface area (Å²) in [6.07, 6.45) is -0.564. The van der Waals surface area contributed by atoms with Crippen LogP contribution in [-0.2, 0) is 17.1 Å². The maximum atomic E-state index is 11.8. The zero-order valence-electron chi connectivity index (χ0n) is 13.0. The van der Waals surface area contributed by atoms with Crippen LogP contribution >= 0.6 is 34.9 Å². The first-order chi connectivity index (χ1) is 12.2. The second kappa shape index (κ2) is 8.84. The van der Waals surface area contributed by atoms with Gasteiger partial charge < -0.3 is 4.74 Å². The molecule has 0 aliphatic heterocycles. The average Bonchev–Trinajstić information content (AvgIpc) is 3.08. The van der Waals surface area contributed by atoms with Gasteiger partial charge >= 0.3 is 6.09 Å². The van der Waals surface area contributed by atoms with Gasteiger partial charge in [-0.3, -0.25) is 5.32 Å². The zero-order chi connectivity index (χ0) is 17.5. The van der Waals surface area contributed by atoms with Crippen LogP contribution < -0.4 is 5.32 Å². The summed E-state index contributed by atoms with van der Waals surface area (Å²) in [7, 11) is 0. The molecule has 5 nitrogen and oxygen atoms in total. The predicted molar refractivity (Wildman–Crippen MR) is 101 cm³/mol. The third-order valence-electron chi connectivity index (χ3n) is 3.11. The standard InChI is InChI=1S/C17H14ClN3O2S2/c18-14-8-6-12(7-9-14)10-23-17(22)20-15-19-16(21-25-15)24-11-13-4-2-1-3-5-13/h1-9H,10-11H2,(H,19,20,21,22). The number of carbonyl (C=O) groups excluding carboxylic acids is 1. The molecule has 128 valence electrons. The van der Waals surface area contributed by atoms with E-state index in [0.717, 1.165) is 22.8 Å². The van der Waals surface area contributed by atoms with Crippen LogP contribution in [0.15, 0.2) is 59.8 Å². The number of amides is 1. The number of halogens is 1. The third kappa shape index (κ3) is 5.74. The average molecular weight is 392 g/mol. The monoisotopic (exact) mass is 391 g/mol. The first-order valence-electron chi connectivity index (χ1n) is 7.38. The molecule has 0 radical (unpaired) electrons. The predicted octanol–water partition coefficient (Wildman–Crippen LogP) is 5.23. The molecule has 0 bridgehead atoms. The molecule has 0 unspecified atom stereocenters. The van der Waals surface area contributed by atoms with Gasteiger partial charge in [0.05, 0.1) is 0 Å². The van der Waals surface area contributed by atoms with E-state index in [1.165, 1.54) is 17.3 Å². The van der Waals surface area contributed by atoms with Crippen LogP contribution in [0.2, 0.25) is 5.02 Å². The molecule has 1 aromatic heterocycles. The van der Waals surface area contributed by atoms with E-state index in [9.17, 15) is 4.79 Å². The van der Waals surface area contributed by atoms with Crippen molar-refractivity contribution in [3.05, 3.63) is 70.7 Å². The highest BCUT2D eigenvalue weighted by Crippen LogP contribution is 2.23. The molecule has 0 aliphatic carbocycles. The van der Waals surface area contributed by atoms with Crippen molar-refractivity contribution in [3.63, 3.8) is 0 Å². The first-order valence-corrected chi connectivity index (χ1v) is 9.51. The van der Waals surface area contributed by atoms with Gasteiger partial charge in [0.25, 0.3) is 0 Å². The number of nitrogens with zero attached hydrogens (tertiary/aromatic N) is 2. The molecule has 0 fully saturated rings. The number of thioether (sulfide) groups is 1. The molecule has 3 aromatic rings. The Balaban J connectivity index is 1.45. The lowest BCUT2D eigenvalue weighted by atomic mass is 10.2. The molecule has 3 rings (SSSR count). The van der Waals surface area contributed by atoms with E-state index < -0.39 is 6.09 Å². The summed E-state index contributed by atoms with van der Waals surface area (Å²) in [5.74, 6) is 0.776. The van der Waals surface area contributed by atoms with E-state index in [0.29, 0.717) is 15.3 Å². The minimum absolute atomic E-state index is 0.164. The smallest absolute Gasteiger partial charge is 0.413 e. The first kappa shape index (κ1) is 17.7. The summed E-state index contributed by atoms with van der Waals surface area (Å²) in [6, 6.07) is 17.2. The van der Waals surface area contributed by atoms with Crippen LogP contribution in [0.4, 0.5) is 9.93 Å². The van der Waals surface area contributed by atoms with Crippen molar-refractivity contribution >= 4 is 46.1 Å². The number of hydrogen-bond acceptors (Lipinski definition) is 6. The van der Waals surface area contributed by atoms with Gasteiger partial charge in [-0.05, 0) is 23.3 Å². The fourth-order valence-corrected chi connectivity index (χ4v) is 3.51. The highest BCUT2D eigenvalue weighted by atomic mass is 35.5. The number of carbonyl (C=O) groups is 1. The summed E-state index contributed by atoms with van der Waals surface area (Å²) >= 11 is 8.45. The van der Waals surface area contributed by atoms with Crippen molar-refractivity contribution in [3.8, 4) is 0 Å². The second-order valence-corrected chi connectivity index (χ2v) is 7.11. The fraction of sp³-hybridized carbons (Fsp3) is 0.118. The minimum Gasteiger partial charge on any atom is -0.444 e. The van der Waals surface area contributed by atoms with E-state index in [-0.39, 0.29) is 6.61 Å². The minimum atomic E-state index is -0.564. The van der Waals surface area contributed by atoms with Gasteiger partial charge in [-0.2, -0.15) is 9.36 Å². The Morgan fingerprint density at radius 1 is 1.12 bits per heavy atom. The quantitative estimate of drug-likeness (QED) is 0.582. The molecule has 2 aromatic carbocycles. The van der Waals surface area contributed by atoms with E-state index in [4.69, 9.17) is 16.3 Å². The number of nitrogens with one attached hydrogen (secondary N) is 1. The van der Waals surface area contributed by atoms with Gasteiger partial charge in [-0.15, -0.1) is 0 Å². The van der Waals surface area contributed by atoms with Crippen LogP contribution in [0, 0.1) is 0 Å². The second-order valence-electron chi connectivity index (χ2n) is 4.98. The largest absolute Gasteiger partial charge is 0.444 e. The van der Waals surface area contributed by atoms with Crippen molar-refractivity contribution in [2.24, 2.45) is 0 Å². The molecule has 8 heteroatoms. The number of aromatic nitrogens is 2. The molecule has 0 spiro atoms. The number of hydrogen-bond donors (Lipinski definition) is 1. The molecule has 25 heavy (non-hydrogen) atoms. The van der Waals surface area contributed by atoms with Crippen LogP contribution in [0.3, 0.4) is 0 Å². The van der Waals surface area contributed by atoms with Crippen molar-refractivity contribution in [2.75, 3.05) is 5.32 Å². The van der Waals surface area contributed by atoms with Crippen molar-refractivity contribution in [2.45, 2.75) is 17.5 Å². The van der Waals surface area contributed by atoms with Gasteiger partial charge in [-0.25, -0.2) is 4.79 Å². The SMILES string of the molecule is O=C(Nc1nc(SCc2ccccc2)ns1)OCc1ccc(Cl)cc1. The van der Waals surface area contributed by atoms with Crippen LogP contribution in [0.5, 0.6) is 0 Å². The van der Waals surface area contributed by atoms with Crippen molar-refractivity contribution in [1.82, 2.24) is 9.36 Å². The third-order valence-corrected chi connectivity index (χ3v) is 5.03. The van der Waals surface area contributed by atoms with E-state index in [1.54, 1.807) is 24.3 Å². The van der Waals surface area contributed by atoms with Crippen LogP contribution in [0.1, 0.15) is 11.1 Å². The van der Waals surface area contributed by atoms with E-state index in [2.05, 4.69) is 14.7 Å². The molecule has 1 heterocycles. The Morgan fingerprint density at radius 2 is 1.88 bits per heavy atom. The van der Waals surface area contributed by atoms with Gasteiger partial charge in [0.2, 0.25) is 10.3 Å². The van der Waals surface area contributed by atoms with Gasteiger partial charge in [0, 0.05) is 22.3 Å². The van der Waals surface area contributed by atoms with Crippen molar-refractivity contribution in [1.29, 1.82) is 0 Å². The Bertz CT molecular complexity index is 825. The number of anilines is 1. The van der Waals surface area contributed by atoms with Gasteiger partial charge in [-0.1, -0.05) is 65.8 Å². The number of ether oxygens (including phenoxy) is 1. The molecule has 0 saturated carbocycles. The Morgan fingerprint density at radius 3 is 2.64 bits per heavy atom. The zero-order valence-corrected chi connectivity index (χ0v) is 15.4. The topological polar surface area (TPSA) is 64.1 Å². The highest BCUT2D eigenvalue weighted by molar-refractivity contribution is 7.98. The summed E-state index contributed by atoms with van der Waals surface area (Å²) in [4.78, 5) is 16.1. The summed E-state index contributed by atoms with van der Waals surface area (Å²) in [6.45, 7) is 0.164. The van der Waals surface area contributed by atoms with Gasteiger partial charge in [0.1, 0.15) is 6.61 Å².